The number of carboxylic acid groups (broad SMARTS) is 1. The van der Waals surface area contributed by atoms with Gasteiger partial charge in [-0.1, -0.05) is 13.8 Å². The number of carbonyl (C=O) groups excluding carboxylic acids is 1. The van der Waals surface area contributed by atoms with E-state index in [4.69, 9.17) is 5.11 Å². The van der Waals surface area contributed by atoms with E-state index in [2.05, 4.69) is 15.5 Å². The molecule has 0 aromatic carbocycles. The first-order chi connectivity index (χ1) is 8.90. The molecule has 6 nitrogen and oxygen atoms in total. The second-order valence-corrected chi connectivity index (χ2v) is 5.65. The van der Waals surface area contributed by atoms with Crippen molar-refractivity contribution >= 4 is 12.0 Å². The first-order valence-corrected chi connectivity index (χ1v) is 6.87. The van der Waals surface area contributed by atoms with E-state index in [0.29, 0.717) is 19.0 Å². The molecule has 1 aliphatic rings. The molecule has 0 aliphatic carbocycles. The first kappa shape index (κ1) is 15.8. The van der Waals surface area contributed by atoms with E-state index in [9.17, 15) is 9.59 Å². The van der Waals surface area contributed by atoms with Crippen molar-refractivity contribution in [2.24, 2.45) is 5.92 Å². The fourth-order valence-corrected chi connectivity index (χ4v) is 2.35. The van der Waals surface area contributed by atoms with Gasteiger partial charge in [-0.15, -0.1) is 0 Å². The Morgan fingerprint density at radius 2 is 2.11 bits per heavy atom. The van der Waals surface area contributed by atoms with Gasteiger partial charge in [-0.3, -0.25) is 0 Å². The average Bonchev–Trinajstić information content (AvgIpc) is 2.70. The summed E-state index contributed by atoms with van der Waals surface area (Å²) in [7, 11) is 2.04. The highest BCUT2D eigenvalue weighted by atomic mass is 16.4. The maximum Gasteiger partial charge on any atom is 0.326 e. The Bertz CT molecular complexity index is 320. The van der Waals surface area contributed by atoms with Gasteiger partial charge >= 0.3 is 12.0 Å². The lowest BCUT2D eigenvalue weighted by Gasteiger charge is -2.21. The molecule has 0 bridgehead atoms. The standard InChI is InChI=1S/C13H25N3O3/c1-9(2)7-11(12(17)18)15-13(19)14-8-10-5-4-6-16(10)3/h9-11H,4-8H2,1-3H3,(H,17,18)(H2,14,15,19)/t10?,11-/m0/s1. The summed E-state index contributed by atoms with van der Waals surface area (Å²) < 4.78 is 0. The molecular weight excluding hydrogens is 246 g/mol. The number of hydrogen-bond acceptors (Lipinski definition) is 3. The fourth-order valence-electron chi connectivity index (χ4n) is 2.35. The molecule has 110 valence electrons. The van der Waals surface area contributed by atoms with Crippen LogP contribution in [0.1, 0.15) is 33.1 Å². The van der Waals surface area contributed by atoms with Crippen LogP contribution in [0.25, 0.3) is 0 Å². The Labute approximate surface area is 114 Å². The smallest absolute Gasteiger partial charge is 0.326 e. The van der Waals surface area contributed by atoms with E-state index in [0.717, 1.165) is 19.4 Å². The van der Waals surface area contributed by atoms with Crippen molar-refractivity contribution in [3.8, 4) is 0 Å². The molecule has 1 saturated heterocycles. The molecule has 0 saturated carbocycles. The van der Waals surface area contributed by atoms with E-state index in [-0.39, 0.29) is 5.92 Å². The zero-order valence-electron chi connectivity index (χ0n) is 12.0. The fraction of sp³-hybridized carbons (Fsp3) is 0.846. The number of likely N-dealkylation sites (N-methyl/N-ethyl adjacent to an activating group) is 1. The van der Waals surface area contributed by atoms with E-state index >= 15 is 0 Å². The van der Waals surface area contributed by atoms with Crippen LogP contribution in [0.15, 0.2) is 0 Å². The topological polar surface area (TPSA) is 81.7 Å². The zero-order chi connectivity index (χ0) is 14.4. The summed E-state index contributed by atoms with van der Waals surface area (Å²) in [6, 6.07) is -0.853. The third-order valence-electron chi connectivity index (χ3n) is 3.48. The van der Waals surface area contributed by atoms with Crippen molar-refractivity contribution < 1.29 is 14.7 Å². The van der Waals surface area contributed by atoms with Gasteiger partial charge in [0.2, 0.25) is 0 Å². The normalized spacial score (nSPS) is 21.4. The molecule has 1 aliphatic heterocycles. The lowest BCUT2D eigenvalue weighted by atomic mass is 10.0. The van der Waals surface area contributed by atoms with Crippen LogP contribution >= 0.6 is 0 Å². The summed E-state index contributed by atoms with van der Waals surface area (Å²) in [6.07, 6.45) is 2.66. The van der Waals surface area contributed by atoms with Crippen LogP contribution in [0.5, 0.6) is 0 Å². The second-order valence-electron chi connectivity index (χ2n) is 5.65. The molecule has 19 heavy (non-hydrogen) atoms. The largest absolute Gasteiger partial charge is 0.480 e. The van der Waals surface area contributed by atoms with Crippen LogP contribution in [-0.4, -0.2) is 54.2 Å². The number of carbonyl (C=O) groups is 2. The number of carboxylic acids is 1. The van der Waals surface area contributed by atoms with Gasteiger partial charge in [0.05, 0.1) is 0 Å². The number of likely N-dealkylation sites (tertiary alicyclic amines) is 1. The van der Waals surface area contributed by atoms with Gasteiger partial charge < -0.3 is 20.6 Å². The van der Waals surface area contributed by atoms with Crippen molar-refractivity contribution in [1.29, 1.82) is 0 Å². The van der Waals surface area contributed by atoms with Crippen molar-refractivity contribution in [1.82, 2.24) is 15.5 Å². The van der Waals surface area contributed by atoms with Crippen LogP contribution < -0.4 is 10.6 Å². The number of nitrogens with zero attached hydrogens (tertiary/aromatic N) is 1. The molecule has 2 amide bonds. The van der Waals surface area contributed by atoms with Gasteiger partial charge in [-0.25, -0.2) is 9.59 Å². The van der Waals surface area contributed by atoms with Gasteiger partial charge in [-0.05, 0) is 38.8 Å². The van der Waals surface area contributed by atoms with Crippen molar-refractivity contribution in [2.45, 2.75) is 45.2 Å². The van der Waals surface area contributed by atoms with Crippen LogP contribution in [-0.2, 0) is 4.79 Å². The molecular formula is C13H25N3O3. The van der Waals surface area contributed by atoms with Crippen molar-refractivity contribution in [3.05, 3.63) is 0 Å². The number of hydrogen-bond donors (Lipinski definition) is 3. The SMILES string of the molecule is CC(C)C[C@H](NC(=O)NCC1CCCN1C)C(=O)O. The molecule has 1 fully saturated rings. The van der Waals surface area contributed by atoms with Crippen LogP contribution in [0.4, 0.5) is 4.79 Å². The highest BCUT2D eigenvalue weighted by Crippen LogP contribution is 2.13. The van der Waals surface area contributed by atoms with E-state index in [1.54, 1.807) is 0 Å². The van der Waals surface area contributed by atoms with Gasteiger partial charge in [-0.2, -0.15) is 0 Å². The van der Waals surface area contributed by atoms with Crippen LogP contribution in [0, 0.1) is 5.92 Å². The Kier molecular flexibility index (Phi) is 6.08. The van der Waals surface area contributed by atoms with Gasteiger partial charge in [0.15, 0.2) is 0 Å². The lowest BCUT2D eigenvalue weighted by molar-refractivity contribution is -0.139. The summed E-state index contributed by atoms with van der Waals surface area (Å²) in [4.78, 5) is 24.9. The predicted molar refractivity (Wildman–Crippen MR) is 73.1 cm³/mol. The minimum Gasteiger partial charge on any atom is -0.480 e. The number of rotatable bonds is 6. The molecule has 1 rings (SSSR count). The third-order valence-corrected chi connectivity index (χ3v) is 3.48. The molecule has 0 aromatic heterocycles. The lowest BCUT2D eigenvalue weighted by Crippen LogP contribution is -2.49. The highest BCUT2D eigenvalue weighted by molar-refractivity contribution is 5.82. The monoisotopic (exact) mass is 271 g/mol. The number of nitrogens with one attached hydrogen (secondary N) is 2. The van der Waals surface area contributed by atoms with Crippen molar-refractivity contribution in [2.75, 3.05) is 20.1 Å². The summed E-state index contributed by atoms with van der Waals surface area (Å²) >= 11 is 0. The minimum atomic E-state index is -0.984. The van der Waals surface area contributed by atoms with Gasteiger partial charge in [0.25, 0.3) is 0 Å². The number of amides is 2. The first-order valence-electron chi connectivity index (χ1n) is 6.87. The Morgan fingerprint density at radius 1 is 1.42 bits per heavy atom. The maximum atomic E-state index is 11.7. The van der Waals surface area contributed by atoms with E-state index in [1.807, 2.05) is 20.9 Å². The Hall–Kier alpha value is -1.30. The van der Waals surface area contributed by atoms with Crippen molar-refractivity contribution in [3.63, 3.8) is 0 Å². The van der Waals surface area contributed by atoms with Crippen LogP contribution in [0.3, 0.4) is 0 Å². The van der Waals surface area contributed by atoms with Gasteiger partial charge in [0.1, 0.15) is 6.04 Å². The van der Waals surface area contributed by atoms with E-state index < -0.39 is 18.0 Å². The molecule has 1 unspecified atom stereocenters. The Balaban J connectivity index is 2.33. The molecule has 1 heterocycles. The molecule has 0 radical (unpaired) electrons. The van der Waals surface area contributed by atoms with Gasteiger partial charge in [0, 0.05) is 12.6 Å². The maximum absolute atomic E-state index is 11.7. The molecule has 0 aromatic rings. The van der Waals surface area contributed by atoms with Crippen LogP contribution in [0.2, 0.25) is 0 Å². The summed E-state index contributed by atoms with van der Waals surface area (Å²) in [6.45, 7) is 5.49. The summed E-state index contributed by atoms with van der Waals surface area (Å²) in [5.74, 6) is -0.760. The molecule has 0 spiro atoms. The summed E-state index contributed by atoms with van der Waals surface area (Å²) in [5.41, 5.74) is 0. The zero-order valence-corrected chi connectivity index (χ0v) is 12.0. The average molecular weight is 271 g/mol. The number of urea groups is 1. The highest BCUT2D eigenvalue weighted by Gasteiger charge is 2.23. The summed E-state index contributed by atoms with van der Waals surface area (Å²) in [5, 5.41) is 14.3. The minimum absolute atomic E-state index is 0.224. The quantitative estimate of drug-likeness (QED) is 0.670. The Morgan fingerprint density at radius 3 is 2.58 bits per heavy atom. The molecule has 6 heteroatoms. The number of aliphatic carboxylic acids is 1. The third kappa shape index (κ3) is 5.46. The predicted octanol–water partition coefficient (Wildman–Crippen LogP) is 0.879. The molecule has 3 N–H and O–H groups in total. The van der Waals surface area contributed by atoms with E-state index in [1.165, 1.54) is 0 Å². The molecule has 2 atom stereocenters. The second kappa shape index (κ2) is 7.33.